The van der Waals surface area contributed by atoms with Gasteiger partial charge in [-0.1, -0.05) is 17.3 Å². The summed E-state index contributed by atoms with van der Waals surface area (Å²) < 4.78 is 16.2. The highest BCUT2D eigenvalue weighted by atomic mass is 16.5. The first kappa shape index (κ1) is 19.4. The number of para-hydroxylation sites is 1. The maximum absolute atomic E-state index is 12.5. The van der Waals surface area contributed by atoms with Gasteiger partial charge >= 0.3 is 0 Å². The third-order valence-electron chi connectivity index (χ3n) is 3.79. The Morgan fingerprint density at radius 2 is 1.82 bits per heavy atom. The highest BCUT2D eigenvalue weighted by Gasteiger charge is 2.19. The van der Waals surface area contributed by atoms with Crippen LogP contribution < -0.4 is 14.8 Å². The Bertz CT molecular complexity index is 943. The number of carbonyl (C=O) groups is 1. The molecule has 0 aliphatic heterocycles. The van der Waals surface area contributed by atoms with E-state index in [1.807, 2.05) is 45.0 Å². The molecule has 0 radical (unpaired) electrons. The van der Waals surface area contributed by atoms with Gasteiger partial charge in [-0.3, -0.25) is 4.79 Å². The standard InChI is InChI=1S/C21H23N3O4/c1-21(2,3)23-20(25)16-7-5-6-8-17(16)27-13-18-22-19(24-28-18)14-9-11-15(26-4)12-10-14/h5-12H,13H2,1-4H3,(H,23,25). The minimum absolute atomic E-state index is 0.0585. The third-order valence-corrected chi connectivity index (χ3v) is 3.79. The second-order valence-electron chi connectivity index (χ2n) is 7.23. The van der Waals surface area contributed by atoms with Crippen LogP contribution in [-0.2, 0) is 6.61 Å². The smallest absolute Gasteiger partial charge is 0.264 e. The first-order valence-electron chi connectivity index (χ1n) is 8.87. The third kappa shape index (κ3) is 4.88. The highest BCUT2D eigenvalue weighted by Crippen LogP contribution is 2.22. The Balaban J connectivity index is 1.70. The van der Waals surface area contributed by atoms with Crippen LogP contribution in [0.3, 0.4) is 0 Å². The van der Waals surface area contributed by atoms with Gasteiger partial charge in [0.1, 0.15) is 11.5 Å². The van der Waals surface area contributed by atoms with Crippen LogP contribution in [0.5, 0.6) is 11.5 Å². The van der Waals surface area contributed by atoms with Crippen molar-refractivity contribution in [1.29, 1.82) is 0 Å². The Hall–Kier alpha value is -3.35. The van der Waals surface area contributed by atoms with E-state index >= 15 is 0 Å². The lowest BCUT2D eigenvalue weighted by atomic mass is 10.1. The molecule has 7 nitrogen and oxygen atoms in total. The summed E-state index contributed by atoms with van der Waals surface area (Å²) in [4.78, 5) is 16.8. The molecule has 2 aromatic carbocycles. The van der Waals surface area contributed by atoms with Crippen LogP contribution in [0.15, 0.2) is 53.1 Å². The van der Waals surface area contributed by atoms with E-state index in [2.05, 4.69) is 15.5 Å². The molecule has 0 spiro atoms. The van der Waals surface area contributed by atoms with E-state index in [0.29, 0.717) is 23.0 Å². The molecule has 146 valence electrons. The lowest BCUT2D eigenvalue weighted by Crippen LogP contribution is -2.40. The van der Waals surface area contributed by atoms with Crippen LogP contribution >= 0.6 is 0 Å². The number of amides is 1. The predicted molar refractivity (Wildman–Crippen MR) is 104 cm³/mol. The normalized spacial score (nSPS) is 11.1. The lowest BCUT2D eigenvalue weighted by molar-refractivity contribution is 0.0914. The highest BCUT2D eigenvalue weighted by molar-refractivity contribution is 5.97. The van der Waals surface area contributed by atoms with Gasteiger partial charge in [0, 0.05) is 11.1 Å². The van der Waals surface area contributed by atoms with Crippen molar-refractivity contribution in [3.8, 4) is 22.9 Å². The number of nitrogens with zero attached hydrogens (tertiary/aromatic N) is 2. The molecule has 0 fully saturated rings. The zero-order valence-electron chi connectivity index (χ0n) is 16.4. The van der Waals surface area contributed by atoms with Crippen LogP contribution in [0.4, 0.5) is 0 Å². The molecule has 0 saturated heterocycles. The molecular formula is C21H23N3O4. The number of carbonyl (C=O) groups excluding carboxylic acids is 1. The van der Waals surface area contributed by atoms with Crippen molar-refractivity contribution in [2.45, 2.75) is 32.9 Å². The van der Waals surface area contributed by atoms with Crippen LogP contribution in [0.1, 0.15) is 37.0 Å². The van der Waals surface area contributed by atoms with Gasteiger partial charge in [0.15, 0.2) is 6.61 Å². The van der Waals surface area contributed by atoms with Gasteiger partial charge in [0.2, 0.25) is 5.82 Å². The molecule has 0 saturated carbocycles. The van der Waals surface area contributed by atoms with Gasteiger partial charge in [0.05, 0.1) is 12.7 Å². The summed E-state index contributed by atoms with van der Waals surface area (Å²) in [6, 6.07) is 14.4. The molecule has 0 bridgehead atoms. The number of rotatable bonds is 6. The summed E-state index contributed by atoms with van der Waals surface area (Å²) in [5, 5.41) is 6.90. The van der Waals surface area contributed by atoms with Crippen molar-refractivity contribution in [1.82, 2.24) is 15.5 Å². The largest absolute Gasteiger partial charge is 0.497 e. The van der Waals surface area contributed by atoms with Crippen molar-refractivity contribution >= 4 is 5.91 Å². The van der Waals surface area contributed by atoms with Crippen LogP contribution in [0.25, 0.3) is 11.4 Å². The van der Waals surface area contributed by atoms with Gasteiger partial charge in [-0.25, -0.2) is 0 Å². The number of hydrogen-bond acceptors (Lipinski definition) is 6. The molecule has 1 N–H and O–H groups in total. The molecule has 1 aromatic heterocycles. The molecule has 1 amide bonds. The van der Waals surface area contributed by atoms with Crippen LogP contribution in [0, 0.1) is 0 Å². The van der Waals surface area contributed by atoms with Gasteiger partial charge in [-0.05, 0) is 57.2 Å². The minimum Gasteiger partial charge on any atom is -0.497 e. The molecule has 0 aliphatic carbocycles. The molecule has 3 aromatic rings. The Kier molecular flexibility index (Phi) is 5.63. The van der Waals surface area contributed by atoms with Crippen LogP contribution in [0.2, 0.25) is 0 Å². The summed E-state index contributed by atoms with van der Waals surface area (Å²) in [7, 11) is 1.61. The fourth-order valence-corrected chi connectivity index (χ4v) is 2.50. The summed E-state index contributed by atoms with van der Waals surface area (Å²) in [5.74, 6) is 1.78. The molecule has 0 atom stereocenters. The molecule has 28 heavy (non-hydrogen) atoms. The van der Waals surface area contributed by atoms with E-state index in [-0.39, 0.29) is 18.1 Å². The number of aromatic nitrogens is 2. The van der Waals surface area contributed by atoms with E-state index in [0.717, 1.165) is 11.3 Å². The molecule has 0 unspecified atom stereocenters. The summed E-state index contributed by atoms with van der Waals surface area (Å²) >= 11 is 0. The second kappa shape index (κ2) is 8.12. The zero-order valence-corrected chi connectivity index (χ0v) is 16.4. The van der Waals surface area contributed by atoms with Gasteiger partial charge in [0.25, 0.3) is 11.8 Å². The number of methoxy groups -OCH3 is 1. The Morgan fingerprint density at radius 1 is 1.11 bits per heavy atom. The van der Waals surface area contributed by atoms with Crippen molar-refractivity contribution in [3.63, 3.8) is 0 Å². The van der Waals surface area contributed by atoms with Crippen molar-refractivity contribution < 1.29 is 18.8 Å². The van der Waals surface area contributed by atoms with E-state index in [4.69, 9.17) is 14.0 Å². The summed E-state index contributed by atoms with van der Waals surface area (Å²) in [6.45, 7) is 5.83. The van der Waals surface area contributed by atoms with Crippen molar-refractivity contribution in [2.75, 3.05) is 7.11 Å². The number of ether oxygens (including phenoxy) is 2. The Labute approximate surface area is 163 Å². The van der Waals surface area contributed by atoms with E-state index in [1.54, 1.807) is 31.4 Å². The van der Waals surface area contributed by atoms with Crippen LogP contribution in [-0.4, -0.2) is 28.7 Å². The predicted octanol–water partition coefficient (Wildman–Crippen LogP) is 3.85. The monoisotopic (exact) mass is 381 g/mol. The van der Waals surface area contributed by atoms with Crippen molar-refractivity contribution in [2.24, 2.45) is 0 Å². The van der Waals surface area contributed by atoms with E-state index < -0.39 is 0 Å². The second-order valence-corrected chi connectivity index (χ2v) is 7.23. The van der Waals surface area contributed by atoms with E-state index in [9.17, 15) is 4.79 Å². The quantitative estimate of drug-likeness (QED) is 0.698. The zero-order chi connectivity index (χ0) is 20.1. The fraction of sp³-hybridized carbons (Fsp3) is 0.286. The van der Waals surface area contributed by atoms with Crippen molar-refractivity contribution in [3.05, 3.63) is 60.0 Å². The molecule has 7 heteroatoms. The maximum Gasteiger partial charge on any atom is 0.264 e. The number of hydrogen-bond donors (Lipinski definition) is 1. The average Bonchev–Trinajstić information content (AvgIpc) is 3.14. The maximum atomic E-state index is 12.5. The van der Waals surface area contributed by atoms with E-state index in [1.165, 1.54) is 0 Å². The fourth-order valence-electron chi connectivity index (χ4n) is 2.50. The summed E-state index contributed by atoms with van der Waals surface area (Å²) in [6.07, 6.45) is 0. The lowest BCUT2D eigenvalue weighted by Gasteiger charge is -2.21. The van der Waals surface area contributed by atoms with Gasteiger partial charge in [-0.2, -0.15) is 4.98 Å². The topological polar surface area (TPSA) is 86.5 Å². The summed E-state index contributed by atoms with van der Waals surface area (Å²) in [5.41, 5.74) is 0.914. The minimum atomic E-state index is -0.343. The molecular weight excluding hydrogens is 358 g/mol. The Morgan fingerprint density at radius 3 is 2.50 bits per heavy atom. The number of nitrogens with one attached hydrogen (secondary N) is 1. The first-order valence-corrected chi connectivity index (χ1v) is 8.87. The van der Waals surface area contributed by atoms with Gasteiger partial charge in [-0.15, -0.1) is 0 Å². The molecule has 0 aliphatic rings. The average molecular weight is 381 g/mol. The number of benzene rings is 2. The first-order chi connectivity index (χ1) is 13.4. The van der Waals surface area contributed by atoms with Gasteiger partial charge < -0.3 is 19.3 Å². The SMILES string of the molecule is COc1ccc(-c2noc(COc3ccccc3C(=O)NC(C)(C)C)n2)cc1. The molecule has 1 heterocycles. The molecule has 3 rings (SSSR count).